The SMILES string of the molecule is CCCC1CCC(c2ccc(CCc3ccc(C4CCC(CCCF)CC4)c(F)c3)c(F)c2)CC1. The highest BCUT2D eigenvalue weighted by Crippen LogP contribution is 2.39. The molecule has 0 amide bonds. The van der Waals surface area contributed by atoms with E-state index in [1.165, 1.54) is 38.5 Å². The van der Waals surface area contributed by atoms with Crippen LogP contribution >= 0.6 is 0 Å². The quantitative estimate of drug-likeness (QED) is 0.315. The Balaban J connectivity index is 1.29. The van der Waals surface area contributed by atoms with Gasteiger partial charge in [-0.3, -0.25) is 4.39 Å². The average Bonchev–Trinajstić information content (AvgIpc) is 2.88. The third kappa shape index (κ3) is 7.14. The van der Waals surface area contributed by atoms with E-state index in [9.17, 15) is 13.2 Å². The first-order valence-corrected chi connectivity index (χ1v) is 14.2. The number of alkyl halides is 1. The Morgan fingerprint density at radius 3 is 2.03 bits per heavy atom. The van der Waals surface area contributed by atoms with Gasteiger partial charge in [0.25, 0.3) is 0 Å². The third-order valence-electron chi connectivity index (χ3n) is 8.87. The van der Waals surface area contributed by atoms with Crippen LogP contribution in [-0.4, -0.2) is 6.67 Å². The monoisotopic (exact) mass is 484 g/mol. The molecule has 0 heterocycles. The maximum atomic E-state index is 15.0. The standard InChI is InChI=1S/C32H43F3/c1-2-4-23-6-12-26(13-7-23)29-18-17-28(31(34)22-29)16-10-25-11-19-30(32(35)21-25)27-14-8-24(9-15-27)5-3-20-33/h11,17-19,21-24,26-27H,2-10,12-16,20H2,1H3. The van der Waals surface area contributed by atoms with E-state index < -0.39 is 0 Å². The molecule has 0 radical (unpaired) electrons. The summed E-state index contributed by atoms with van der Waals surface area (Å²) >= 11 is 0. The smallest absolute Gasteiger partial charge is 0.126 e. The fourth-order valence-electron chi connectivity index (χ4n) is 6.68. The second kappa shape index (κ2) is 13.0. The molecule has 2 aromatic carbocycles. The van der Waals surface area contributed by atoms with Gasteiger partial charge in [-0.25, -0.2) is 8.78 Å². The Hall–Kier alpha value is -1.77. The van der Waals surface area contributed by atoms with Crippen molar-refractivity contribution < 1.29 is 13.2 Å². The molecule has 2 aliphatic carbocycles. The predicted octanol–water partition coefficient (Wildman–Crippen LogP) is 9.85. The molecule has 0 spiro atoms. The maximum absolute atomic E-state index is 15.0. The van der Waals surface area contributed by atoms with E-state index in [1.807, 2.05) is 18.2 Å². The molecular formula is C32H43F3. The fraction of sp³-hybridized carbons (Fsp3) is 0.625. The summed E-state index contributed by atoms with van der Waals surface area (Å²) in [6, 6.07) is 11.5. The second-order valence-electron chi connectivity index (χ2n) is 11.3. The molecule has 0 unspecified atom stereocenters. The zero-order chi connectivity index (χ0) is 24.6. The highest BCUT2D eigenvalue weighted by Gasteiger charge is 2.25. The van der Waals surface area contributed by atoms with Gasteiger partial charge in [-0.05, 0) is 135 Å². The lowest BCUT2D eigenvalue weighted by Crippen LogP contribution is -2.14. The lowest BCUT2D eigenvalue weighted by atomic mass is 9.77. The molecular weight excluding hydrogens is 441 g/mol. The van der Waals surface area contributed by atoms with Crippen molar-refractivity contribution in [1.82, 2.24) is 0 Å². The van der Waals surface area contributed by atoms with Crippen molar-refractivity contribution in [2.75, 3.05) is 6.67 Å². The predicted molar refractivity (Wildman–Crippen MR) is 140 cm³/mol. The van der Waals surface area contributed by atoms with E-state index in [-0.39, 0.29) is 24.2 Å². The van der Waals surface area contributed by atoms with E-state index >= 15 is 0 Å². The molecule has 35 heavy (non-hydrogen) atoms. The zero-order valence-electron chi connectivity index (χ0n) is 21.5. The number of hydrogen-bond donors (Lipinski definition) is 0. The van der Waals surface area contributed by atoms with Crippen molar-refractivity contribution in [3.05, 3.63) is 70.3 Å². The maximum Gasteiger partial charge on any atom is 0.126 e. The van der Waals surface area contributed by atoms with Crippen molar-refractivity contribution in [1.29, 1.82) is 0 Å². The molecule has 192 valence electrons. The summed E-state index contributed by atoms with van der Waals surface area (Å²) < 4.78 is 42.3. The molecule has 0 saturated heterocycles. The van der Waals surface area contributed by atoms with Crippen LogP contribution in [0.25, 0.3) is 0 Å². The Labute approximate surface area is 210 Å². The number of halogens is 3. The Kier molecular flexibility index (Phi) is 9.75. The normalized spacial score (nSPS) is 25.0. The van der Waals surface area contributed by atoms with E-state index in [1.54, 1.807) is 12.1 Å². The first-order valence-electron chi connectivity index (χ1n) is 14.2. The molecule has 0 aromatic heterocycles. The van der Waals surface area contributed by atoms with Gasteiger partial charge in [0.1, 0.15) is 11.6 Å². The summed E-state index contributed by atoms with van der Waals surface area (Å²) in [5, 5.41) is 0. The van der Waals surface area contributed by atoms with Crippen LogP contribution in [0.2, 0.25) is 0 Å². The average molecular weight is 485 g/mol. The van der Waals surface area contributed by atoms with Crippen molar-refractivity contribution in [2.24, 2.45) is 11.8 Å². The van der Waals surface area contributed by atoms with Crippen LogP contribution in [0.3, 0.4) is 0 Å². The molecule has 0 atom stereocenters. The topological polar surface area (TPSA) is 0 Å². The van der Waals surface area contributed by atoms with Crippen molar-refractivity contribution in [3.8, 4) is 0 Å². The van der Waals surface area contributed by atoms with Crippen LogP contribution in [0.5, 0.6) is 0 Å². The van der Waals surface area contributed by atoms with Gasteiger partial charge in [-0.2, -0.15) is 0 Å². The summed E-state index contributed by atoms with van der Waals surface area (Å²) in [7, 11) is 0. The first kappa shape index (κ1) is 26.3. The van der Waals surface area contributed by atoms with Gasteiger partial charge < -0.3 is 0 Å². The fourth-order valence-corrected chi connectivity index (χ4v) is 6.68. The highest BCUT2D eigenvalue weighted by molar-refractivity contribution is 5.31. The van der Waals surface area contributed by atoms with Crippen LogP contribution in [0.1, 0.15) is 118 Å². The molecule has 3 heteroatoms. The lowest BCUT2D eigenvalue weighted by molar-refractivity contribution is 0.290. The first-order chi connectivity index (χ1) is 17.1. The molecule has 2 aromatic rings. The third-order valence-corrected chi connectivity index (χ3v) is 8.87. The van der Waals surface area contributed by atoms with Gasteiger partial charge >= 0.3 is 0 Å². The van der Waals surface area contributed by atoms with E-state index in [0.717, 1.165) is 60.3 Å². The van der Waals surface area contributed by atoms with Gasteiger partial charge in [0.2, 0.25) is 0 Å². The summed E-state index contributed by atoms with van der Waals surface area (Å²) in [4.78, 5) is 0. The van der Waals surface area contributed by atoms with Gasteiger partial charge in [0.15, 0.2) is 0 Å². The lowest BCUT2D eigenvalue weighted by Gasteiger charge is -2.29. The molecule has 0 N–H and O–H groups in total. The van der Waals surface area contributed by atoms with Crippen LogP contribution in [0, 0.1) is 23.5 Å². The zero-order valence-corrected chi connectivity index (χ0v) is 21.5. The van der Waals surface area contributed by atoms with E-state index in [0.29, 0.717) is 31.1 Å². The minimum atomic E-state index is -0.232. The van der Waals surface area contributed by atoms with Crippen molar-refractivity contribution in [3.63, 3.8) is 0 Å². The Morgan fingerprint density at radius 2 is 1.40 bits per heavy atom. The number of hydrogen-bond acceptors (Lipinski definition) is 0. The largest absolute Gasteiger partial charge is 0.251 e. The number of rotatable bonds is 10. The Morgan fingerprint density at radius 1 is 0.714 bits per heavy atom. The summed E-state index contributed by atoms with van der Waals surface area (Å²) in [5.74, 6) is 1.99. The van der Waals surface area contributed by atoms with Crippen LogP contribution in [-0.2, 0) is 12.8 Å². The molecule has 4 rings (SSSR count). The molecule has 2 fully saturated rings. The Bertz CT molecular complexity index is 920. The molecule has 2 aliphatic rings. The van der Waals surface area contributed by atoms with E-state index in [4.69, 9.17) is 0 Å². The minimum Gasteiger partial charge on any atom is -0.251 e. The van der Waals surface area contributed by atoms with Crippen LogP contribution in [0.4, 0.5) is 13.2 Å². The van der Waals surface area contributed by atoms with Gasteiger partial charge in [-0.1, -0.05) is 44.0 Å². The molecule has 2 saturated carbocycles. The summed E-state index contributed by atoms with van der Waals surface area (Å²) in [6.07, 6.45) is 14.4. The van der Waals surface area contributed by atoms with Crippen molar-refractivity contribution >= 4 is 0 Å². The highest BCUT2D eigenvalue weighted by atomic mass is 19.1. The van der Waals surface area contributed by atoms with E-state index in [2.05, 4.69) is 13.0 Å². The summed E-state index contributed by atoms with van der Waals surface area (Å²) in [6.45, 7) is 2.03. The molecule has 0 bridgehead atoms. The van der Waals surface area contributed by atoms with Crippen molar-refractivity contribution in [2.45, 2.75) is 109 Å². The van der Waals surface area contributed by atoms with Gasteiger partial charge in [0.05, 0.1) is 6.67 Å². The van der Waals surface area contributed by atoms with Gasteiger partial charge in [-0.15, -0.1) is 0 Å². The summed E-state index contributed by atoms with van der Waals surface area (Å²) in [5.41, 5.74) is 3.63. The van der Waals surface area contributed by atoms with Crippen LogP contribution in [0.15, 0.2) is 36.4 Å². The van der Waals surface area contributed by atoms with Gasteiger partial charge in [0, 0.05) is 0 Å². The minimum absolute atomic E-state index is 0.111. The number of benzene rings is 2. The molecule has 0 aliphatic heterocycles. The second-order valence-corrected chi connectivity index (χ2v) is 11.3. The molecule has 0 nitrogen and oxygen atoms in total. The van der Waals surface area contributed by atoms with Crippen LogP contribution < -0.4 is 0 Å². The number of aryl methyl sites for hydroxylation is 2.